The smallest absolute Gasteiger partial charge is 0.0230 e. The van der Waals surface area contributed by atoms with Crippen LogP contribution in [0.25, 0.3) is 0 Å². The normalized spacial score (nSPS) is 12.1. The first-order chi connectivity index (χ1) is 8.72. The van der Waals surface area contributed by atoms with E-state index < -0.39 is 0 Å². The van der Waals surface area contributed by atoms with Crippen molar-refractivity contribution in [1.82, 2.24) is 10.2 Å². The van der Waals surface area contributed by atoms with Gasteiger partial charge in [0.15, 0.2) is 0 Å². The standard InChI is InChI=1S/C15H23ClN2/c1-14(11-16)12-17-9-6-10-18(2)13-15-7-4-3-5-8-15/h3-5,7-8,11,17H,6,9-10,12-13H2,1-2H3/b14-11+. The van der Waals surface area contributed by atoms with Crippen molar-refractivity contribution in [2.45, 2.75) is 19.9 Å². The van der Waals surface area contributed by atoms with E-state index in [1.54, 1.807) is 5.54 Å². The maximum absolute atomic E-state index is 5.60. The van der Waals surface area contributed by atoms with Crippen LogP contribution in [-0.4, -0.2) is 31.6 Å². The third kappa shape index (κ3) is 6.80. The molecular formula is C15H23ClN2. The average Bonchev–Trinajstić information content (AvgIpc) is 2.39. The molecule has 0 saturated heterocycles. The summed E-state index contributed by atoms with van der Waals surface area (Å²) in [7, 11) is 2.16. The third-order valence-electron chi connectivity index (χ3n) is 2.78. The van der Waals surface area contributed by atoms with Gasteiger partial charge in [0.2, 0.25) is 0 Å². The molecule has 18 heavy (non-hydrogen) atoms. The fourth-order valence-corrected chi connectivity index (χ4v) is 1.85. The van der Waals surface area contributed by atoms with Gasteiger partial charge in [0, 0.05) is 18.6 Å². The zero-order valence-corrected chi connectivity index (χ0v) is 12.1. The van der Waals surface area contributed by atoms with Crippen LogP contribution in [0.2, 0.25) is 0 Å². The van der Waals surface area contributed by atoms with E-state index in [1.807, 2.05) is 6.92 Å². The summed E-state index contributed by atoms with van der Waals surface area (Å²) < 4.78 is 0. The highest BCUT2D eigenvalue weighted by Gasteiger charge is 1.99. The van der Waals surface area contributed by atoms with Gasteiger partial charge in [0.05, 0.1) is 0 Å². The van der Waals surface area contributed by atoms with Crippen molar-refractivity contribution in [1.29, 1.82) is 0 Å². The molecule has 1 rings (SSSR count). The molecule has 1 aromatic carbocycles. The van der Waals surface area contributed by atoms with Gasteiger partial charge in [-0.2, -0.15) is 0 Å². The van der Waals surface area contributed by atoms with Crippen molar-refractivity contribution in [2.24, 2.45) is 0 Å². The van der Waals surface area contributed by atoms with Crippen LogP contribution in [0.5, 0.6) is 0 Å². The summed E-state index contributed by atoms with van der Waals surface area (Å²) in [5.74, 6) is 0. The fourth-order valence-electron chi connectivity index (χ4n) is 1.77. The SMILES string of the molecule is C/C(=C\Cl)CNCCCN(C)Cc1ccccc1. The van der Waals surface area contributed by atoms with E-state index >= 15 is 0 Å². The third-order valence-corrected chi connectivity index (χ3v) is 3.15. The number of nitrogens with one attached hydrogen (secondary N) is 1. The van der Waals surface area contributed by atoms with E-state index in [0.29, 0.717) is 0 Å². The Balaban J connectivity index is 2.09. The number of nitrogens with zero attached hydrogens (tertiary/aromatic N) is 1. The lowest BCUT2D eigenvalue weighted by Gasteiger charge is -2.16. The van der Waals surface area contributed by atoms with Crippen LogP contribution >= 0.6 is 11.6 Å². The molecule has 0 heterocycles. The molecule has 0 bridgehead atoms. The number of halogens is 1. The molecule has 100 valence electrons. The molecule has 3 heteroatoms. The van der Waals surface area contributed by atoms with Gasteiger partial charge in [0.25, 0.3) is 0 Å². The topological polar surface area (TPSA) is 15.3 Å². The first kappa shape index (κ1) is 15.2. The molecule has 0 aliphatic heterocycles. The lowest BCUT2D eigenvalue weighted by Crippen LogP contribution is -2.24. The minimum atomic E-state index is 0.881. The van der Waals surface area contributed by atoms with E-state index in [2.05, 4.69) is 47.6 Å². The Labute approximate surface area is 116 Å². The molecule has 1 aromatic rings. The fraction of sp³-hybridized carbons (Fsp3) is 0.467. The van der Waals surface area contributed by atoms with Gasteiger partial charge in [-0.1, -0.05) is 41.9 Å². The van der Waals surface area contributed by atoms with E-state index in [4.69, 9.17) is 11.6 Å². The van der Waals surface area contributed by atoms with E-state index in [9.17, 15) is 0 Å². The molecule has 0 aromatic heterocycles. The molecule has 1 N–H and O–H groups in total. The van der Waals surface area contributed by atoms with E-state index in [0.717, 1.165) is 32.6 Å². The van der Waals surface area contributed by atoms with E-state index in [1.165, 1.54) is 11.1 Å². The van der Waals surface area contributed by atoms with Crippen LogP contribution in [0, 0.1) is 0 Å². The summed E-state index contributed by atoms with van der Waals surface area (Å²) >= 11 is 5.60. The predicted molar refractivity (Wildman–Crippen MR) is 79.9 cm³/mol. The Morgan fingerprint density at radius 1 is 1.33 bits per heavy atom. The number of rotatable bonds is 8. The van der Waals surface area contributed by atoms with Crippen molar-refractivity contribution in [3.8, 4) is 0 Å². The van der Waals surface area contributed by atoms with Gasteiger partial charge >= 0.3 is 0 Å². The van der Waals surface area contributed by atoms with Gasteiger partial charge in [-0.15, -0.1) is 0 Å². The predicted octanol–water partition coefficient (Wildman–Crippen LogP) is 3.24. The van der Waals surface area contributed by atoms with Gasteiger partial charge < -0.3 is 10.2 Å². The summed E-state index contributed by atoms with van der Waals surface area (Å²) in [5.41, 5.74) is 4.18. The quantitative estimate of drug-likeness (QED) is 0.727. The van der Waals surface area contributed by atoms with Gasteiger partial charge in [-0.05, 0) is 44.6 Å². The second-order valence-corrected chi connectivity index (χ2v) is 4.93. The molecular weight excluding hydrogens is 244 g/mol. The van der Waals surface area contributed by atoms with Crippen molar-refractivity contribution in [2.75, 3.05) is 26.7 Å². The van der Waals surface area contributed by atoms with E-state index in [-0.39, 0.29) is 0 Å². The number of hydrogen-bond acceptors (Lipinski definition) is 2. The Bertz CT molecular complexity index is 349. The van der Waals surface area contributed by atoms with Gasteiger partial charge in [-0.3, -0.25) is 0 Å². The molecule has 0 atom stereocenters. The number of hydrogen-bond donors (Lipinski definition) is 1. The molecule has 0 amide bonds. The second kappa shape index (κ2) is 9.15. The minimum absolute atomic E-state index is 0.881. The van der Waals surface area contributed by atoms with Crippen molar-refractivity contribution >= 4 is 11.6 Å². The molecule has 0 fully saturated rings. The molecule has 0 aliphatic carbocycles. The first-order valence-corrected chi connectivity index (χ1v) is 6.85. The lowest BCUT2D eigenvalue weighted by atomic mass is 10.2. The highest BCUT2D eigenvalue weighted by atomic mass is 35.5. The van der Waals surface area contributed by atoms with Crippen LogP contribution in [-0.2, 0) is 6.54 Å². The zero-order chi connectivity index (χ0) is 13.2. The summed E-state index contributed by atoms with van der Waals surface area (Å²) in [4.78, 5) is 2.35. The van der Waals surface area contributed by atoms with Crippen LogP contribution < -0.4 is 5.32 Å². The summed E-state index contributed by atoms with van der Waals surface area (Å²) in [6.07, 6.45) is 1.15. The molecule has 0 saturated carbocycles. The first-order valence-electron chi connectivity index (χ1n) is 6.41. The minimum Gasteiger partial charge on any atom is -0.313 e. The van der Waals surface area contributed by atoms with Crippen LogP contribution in [0.4, 0.5) is 0 Å². The molecule has 0 radical (unpaired) electrons. The van der Waals surface area contributed by atoms with Crippen molar-refractivity contribution in [3.05, 3.63) is 47.0 Å². The maximum atomic E-state index is 5.60. The lowest BCUT2D eigenvalue weighted by molar-refractivity contribution is 0.320. The van der Waals surface area contributed by atoms with Crippen LogP contribution in [0.3, 0.4) is 0 Å². The highest BCUT2D eigenvalue weighted by molar-refractivity contribution is 6.25. The molecule has 0 aliphatic rings. The Kier molecular flexibility index (Phi) is 7.74. The summed E-state index contributed by atoms with van der Waals surface area (Å²) in [6.45, 7) is 6.06. The van der Waals surface area contributed by atoms with Gasteiger partial charge in [0.1, 0.15) is 0 Å². The maximum Gasteiger partial charge on any atom is 0.0230 e. The largest absolute Gasteiger partial charge is 0.313 e. The molecule has 0 spiro atoms. The zero-order valence-electron chi connectivity index (χ0n) is 11.3. The Morgan fingerprint density at radius 3 is 2.72 bits per heavy atom. The van der Waals surface area contributed by atoms with Gasteiger partial charge in [-0.25, -0.2) is 0 Å². The van der Waals surface area contributed by atoms with Crippen molar-refractivity contribution in [3.63, 3.8) is 0 Å². The summed E-state index contributed by atoms with van der Waals surface area (Å²) in [5, 5.41) is 3.38. The Morgan fingerprint density at radius 2 is 2.06 bits per heavy atom. The second-order valence-electron chi connectivity index (χ2n) is 4.71. The summed E-state index contributed by atoms with van der Waals surface area (Å²) in [6, 6.07) is 10.6. The monoisotopic (exact) mass is 266 g/mol. The molecule has 0 unspecified atom stereocenters. The van der Waals surface area contributed by atoms with Crippen LogP contribution in [0.1, 0.15) is 18.9 Å². The Hall–Kier alpha value is -0.830. The highest BCUT2D eigenvalue weighted by Crippen LogP contribution is 2.02. The average molecular weight is 267 g/mol. The van der Waals surface area contributed by atoms with Crippen LogP contribution in [0.15, 0.2) is 41.4 Å². The number of benzene rings is 1. The van der Waals surface area contributed by atoms with Crippen molar-refractivity contribution < 1.29 is 0 Å². The molecule has 2 nitrogen and oxygen atoms in total.